The normalized spacial score (nSPS) is 14.1. The summed E-state index contributed by atoms with van der Waals surface area (Å²) in [6, 6.07) is 4.00. The highest BCUT2D eigenvalue weighted by molar-refractivity contribution is 5.48. The third-order valence-corrected chi connectivity index (χ3v) is 2.67. The maximum atomic E-state index is 8.64. The Balaban J connectivity index is 1.90. The van der Waals surface area contributed by atoms with Crippen molar-refractivity contribution >= 4 is 5.82 Å². The van der Waals surface area contributed by atoms with Crippen molar-refractivity contribution in [3.05, 3.63) is 17.7 Å². The Labute approximate surface area is 95.7 Å². The first kappa shape index (κ1) is 11.2. The molecule has 0 unspecified atom stereocenters. The van der Waals surface area contributed by atoms with Crippen molar-refractivity contribution in [2.24, 2.45) is 0 Å². The fraction of sp³-hybridized carbons (Fsp3) is 0.583. The Morgan fingerprint density at radius 2 is 2.31 bits per heavy atom. The van der Waals surface area contributed by atoms with Crippen LogP contribution in [0.15, 0.2) is 12.1 Å². The predicted octanol–water partition coefficient (Wildman–Crippen LogP) is 1.59. The second-order valence-corrected chi connectivity index (χ2v) is 3.97. The number of aromatic nitrogens is 1. The molecule has 0 aromatic carbocycles. The van der Waals surface area contributed by atoms with Crippen LogP contribution in [-0.4, -0.2) is 29.8 Å². The summed E-state index contributed by atoms with van der Waals surface area (Å²) >= 11 is 0. The predicted molar refractivity (Wildman–Crippen MR) is 62.9 cm³/mol. The second-order valence-electron chi connectivity index (χ2n) is 3.97. The average molecular weight is 222 g/mol. The van der Waals surface area contributed by atoms with Gasteiger partial charge in [-0.1, -0.05) is 0 Å². The monoisotopic (exact) mass is 222 g/mol. The van der Waals surface area contributed by atoms with Gasteiger partial charge in [0.25, 0.3) is 0 Å². The fourth-order valence-corrected chi connectivity index (χ4v) is 1.78. The highest BCUT2D eigenvalue weighted by Crippen LogP contribution is 2.22. The largest absolute Gasteiger partial charge is 0.478 e. The quantitative estimate of drug-likeness (QED) is 0.743. The molecule has 4 heteroatoms. The smallest absolute Gasteiger partial charge is 0.215 e. The lowest BCUT2D eigenvalue weighted by atomic mass is 10.1. The van der Waals surface area contributed by atoms with Crippen molar-refractivity contribution in [2.75, 3.05) is 25.1 Å². The summed E-state index contributed by atoms with van der Waals surface area (Å²) in [6.07, 6.45) is 3.91. The minimum absolute atomic E-state index is 0.225. The summed E-state index contributed by atoms with van der Waals surface area (Å²) in [5.41, 5.74) is 1.27. The minimum atomic E-state index is 0.225. The average Bonchev–Trinajstić information content (AvgIpc) is 2.34. The van der Waals surface area contributed by atoms with Crippen LogP contribution in [0.3, 0.4) is 0 Å². The van der Waals surface area contributed by atoms with Gasteiger partial charge in [0, 0.05) is 19.2 Å². The number of aliphatic hydroxyl groups excluding tert-OH is 1. The number of pyridine rings is 1. The SMILES string of the molecule is OCCCCOc1ccc2c(n1)NCCC2. The molecule has 0 spiro atoms. The van der Waals surface area contributed by atoms with E-state index in [9.17, 15) is 0 Å². The Morgan fingerprint density at radius 1 is 1.38 bits per heavy atom. The van der Waals surface area contributed by atoms with Crippen LogP contribution >= 0.6 is 0 Å². The number of aliphatic hydroxyl groups is 1. The highest BCUT2D eigenvalue weighted by Gasteiger charge is 2.10. The van der Waals surface area contributed by atoms with E-state index in [2.05, 4.69) is 16.4 Å². The van der Waals surface area contributed by atoms with Crippen molar-refractivity contribution < 1.29 is 9.84 Å². The molecule has 0 amide bonds. The van der Waals surface area contributed by atoms with Gasteiger partial charge in [0.2, 0.25) is 5.88 Å². The molecule has 0 bridgehead atoms. The maximum absolute atomic E-state index is 8.64. The molecular weight excluding hydrogens is 204 g/mol. The van der Waals surface area contributed by atoms with Crippen molar-refractivity contribution in [3.8, 4) is 5.88 Å². The van der Waals surface area contributed by atoms with Gasteiger partial charge in [-0.3, -0.25) is 0 Å². The standard InChI is InChI=1S/C12H18N2O2/c15-8-1-2-9-16-11-6-5-10-4-3-7-13-12(10)14-11/h5-6,15H,1-4,7-9H2,(H,13,14). The third kappa shape index (κ3) is 2.85. The van der Waals surface area contributed by atoms with Gasteiger partial charge in [-0.05, 0) is 37.3 Å². The molecule has 0 radical (unpaired) electrons. The molecular formula is C12H18N2O2. The number of anilines is 1. The lowest BCUT2D eigenvalue weighted by molar-refractivity contribution is 0.249. The molecule has 0 saturated heterocycles. The Hall–Kier alpha value is -1.29. The first-order valence-corrected chi connectivity index (χ1v) is 5.87. The fourth-order valence-electron chi connectivity index (χ4n) is 1.78. The molecule has 1 aliphatic heterocycles. The number of ether oxygens (including phenoxy) is 1. The van der Waals surface area contributed by atoms with E-state index in [0.29, 0.717) is 12.5 Å². The highest BCUT2D eigenvalue weighted by atomic mass is 16.5. The maximum Gasteiger partial charge on any atom is 0.215 e. The molecule has 0 atom stereocenters. The van der Waals surface area contributed by atoms with Crippen LogP contribution in [0.25, 0.3) is 0 Å². The number of aryl methyl sites for hydroxylation is 1. The van der Waals surface area contributed by atoms with Gasteiger partial charge >= 0.3 is 0 Å². The van der Waals surface area contributed by atoms with E-state index in [1.165, 1.54) is 12.0 Å². The molecule has 2 heterocycles. The molecule has 16 heavy (non-hydrogen) atoms. The molecule has 1 aliphatic rings. The van der Waals surface area contributed by atoms with Gasteiger partial charge in [-0.15, -0.1) is 0 Å². The number of nitrogens with zero attached hydrogens (tertiary/aromatic N) is 1. The topological polar surface area (TPSA) is 54.4 Å². The van der Waals surface area contributed by atoms with E-state index in [4.69, 9.17) is 9.84 Å². The minimum Gasteiger partial charge on any atom is -0.478 e. The molecule has 2 N–H and O–H groups in total. The molecule has 2 rings (SSSR count). The summed E-state index contributed by atoms with van der Waals surface area (Å²) in [5.74, 6) is 1.64. The van der Waals surface area contributed by atoms with Crippen LogP contribution in [-0.2, 0) is 6.42 Å². The molecule has 88 valence electrons. The van der Waals surface area contributed by atoms with Gasteiger partial charge in [-0.2, -0.15) is 4.98 Å². The Kier molecular flexibility index (Phi) is 3.99. The van der Waals surface area contributed by atoms with Crippen LogP contribution in [0, 0.1) is 0 Å². The summed E-state index contributed by atoms with van der Waals surface area (Å²) in [5, 5.41) is 11.9. The van der Waals surface area contributed by atoms with Gasteiger partial charge in [0.1, 0.15) is 5.82 Å². The molecule has 0 saturated carbocycles. The lowest BCUT2D eigenvalue weighted by Gasteiger charge is -2.17. The Bertz CT molecular complexity index is 342. The number of hydrogen-bond acceptors (Lipinski definition) is 4. The van der Waals surface area contributed by atoms with E-state index in [1.807, 2.05) is 6.07 Å². The zero-order chi connectivity index (χ0) is 11.2. The number of nitrogens with one attached hydrogen (secondary N) is 1. The van der Waals surface area contributed by atoms with Gasteiger partial charge in [0.15, 0.2) is 0 Å². The number of hydrogen-bond donors (Lipinski definition) is 2. The summed E-state index contributed by atoms with van der Waals surface area (Å²) in [7, 11) is 0. The van der Waals surface area contributed by atoms with Crippen LogP contribution in [0.1, 0.15) is 24.8 Å². The van der Waals surface area contributed by atoms with Gasteiger partial charge < -0.3 is 15.2 Å². The summed E-state index contributed by atoms with van der Waals surface area (Å²) < 4.78 is 5.51. The van der Waals surface area contributed by atoms with Crippen molar-refractivity contribution in [1.29, 1.82) is 0 Å². The number of fused-ring (bicyclic) bond motifs is 1. The van der Waals surface area contributed by atoms with Gasteiger partial charge in [-0.25, -0.2) is 0 Å². The van der Waals surface area contributed by atoms with E-state index < -0.39 is 0 Å². The number of unbranched alkanes of at least 4 members (excludes halogenated alkanes) is 1. The first-order chi connectivity index (χ1) is 7.90. The van der Waals surface area contributed by atoms with Gasteiger partial charge in [0.05, 0.1) is 6.61 Å². The molecule has 0 fully saturated rings. The molecule has 1 aromatic heterocycles. The van der Waals surface area contributed by atoms with Crippen LogP contribution < -0.4 is 10.1 Å². The third-order valence-electron chi connectivity index (χ3n) is 2.67. The summed E-state index contributed by atoms with van der Waals surface area (Å²) in [6.45, 7) is 1.84. The number of rotatable bonds is 5. The Morgan fingerprint density at radius 3 is 3.19 bits per heavy atom. The lowest BCUT2D eigenvalue weighted by Crippen LogP contribution is -2.13. The second kappa shape index (κ2) is 5.70. The molecule has 0 aliphatic carbocycles. The zero-order valence-corrected chi connectivity index (χ0v) is 9.41. The van der Waals surface area contributed by atoms with Crippen LogP contribution in [0.4, 0.5) is 5.82 Å². The zero-order valence-electron chi connectivity index (χ0n) is 9.41. The van der Waals surface area contributed by atoms with Crippen molar-refractivity contribution in [3.63, 3.8) is 0 Å². The van der Waals surface area contributed by atoms with E-state index >= 15 is 0 Å². The van der Waals surface area contributed by atoms with E-state index in [0.717, 1.165) is 31.6 Å². The summed E-state index contributed by atoms with van der Waals surface area (Å²) in [4.78, 5) is 4.42. The van der Waals surface area contributed by atoms with Crippen LogP contribution in [0.5, 0.6) is 5.88 Å². The van der Waals surface area contributed by atoms with E-state index in [1.54, 1.807) is 0 Å². The van der Waals surface area contributed by atoms with Crippen molar-refractivity contribution in [2.45, 2.75) is 25.7 Å². The molecule has 1 aromatic rings. The van der Waals surface area contributed by atoms with Crippen LogP contribution in [0.2, 0.25) is 0 Å². The van der Waals surface area contributed by atoms with E-state index in [-0.39, 0.29) is 6.61 Å². The first-order valence-electron chi connectivity index (χ1n) is 5.87. The van der Waals surface area contributed by atoms with Crippen molar-refractivity contribution in [1.82, 2.24) is 4.98 Å². The molecule has 4 nitrogen and oxygen atoms in total.